The Hall–Kier alpha value is -3.12. The van der Waals surface area contributed by atoms with Crippen LogP contribution >= 0.6 is 0 Å². The number of nitrogens with one attached hydrogen (secondary N) is 4. The summed E-state index contributed by atoms with van der Waals surface area (Å²) in [6, 6.07) is 0. The summed E-state index contributed by atoms with van der Waals surface area (Å²) in [4.78, 5) is 20.0. The summed E-state index contributed by atoms with van der Waals surface area (Å²) in [5, 5.41) is 33.7. The molecule has 1 aliphatic heterocycles. The molecular formula is C24H32CuF10N4O8. The number of benzene rings is 2. The van der Waals surface area contributed by atoms with Crippen LogP contribution in [0.15, 0.2) is 0 Å². The molecule has 0 spiro atoms. The fraction of sp³-hybridized carbons (Fsp3) is 0.417. The number of halogens is 10. The van der Waals surface area contributed by atoms with Crippen molar-refractivity contribution in [3.8, 4) is 0 Å². The number of aromatic carboxylic acids is 2. The number of carboxylic acids is 2. The molecule has 0 saturated carbocycles. The molecule has 0 bridgehead atoms. The van der Waals surface area contributed by atoms with Crippen molar-refractivity contribution in [1.29, 1.82) is 0 Å². The van der Waals surface area contributed by atoms with Crippen LogP contribution in [0.1, 0.15) is 33.6 Å². The van der Waals surface area contributed by atoms with Crippen LogP contribution in [-0.4, -0.2) is 86.2 Å². The minimum Gasteiger partial charge on any atom is -0.545 e. The van der Waals surface area contributed by atoms with Gasteiger partial charge in [0.2, 0.25) is 11.6 Å². The van der Waals surface area contributed by atoms with Crippen molar-refractivity contribution in [2.24, 2.45) is 0 Å². The van der Waals surface area contributed by atoms with Gasteiger partial charge in [-0.2, -0.15) is 0 Å². The molecule has 12 nitrogen and oxygen atoms in total. The maximum absolute atomic E-state index is 12.5. The molecule has 1 aliphatic rings. The van der Waals surface area contributed by atoms with Gasteiger partial charge in [-0.1, -0.05) is 0 Å². The quantitative estimate of drug-likeness (QED) is 0.109. The smallest absolute Gasteiger partial charge is 0.545 e. The van der Waals surface area contributed by atoms with Gasteiger partial charge in [-0.15, -0.1) is 0 Å². The van der Waals surface area contributed by atoms with Crippen molar-refractivity contribution < 1.29 is 103 Å². The van der Waals surface area contributed by atoms with Gasteiger partial charge in [0.05, 0.1) is 23.1 Å². The van der Waals surface area contributed by atoms with E-state index in [1.807, 2.05) is 0 Å². The van der Waals surface area contributed by atoms with Crippen LogP contribution in [-0.2, 0) is 17.1 Å². The number of hydrogen-bond donors (Lipinski definition) is 4. The molecule has 2 aromatic carbocycles. The first kappa shape index (κ1) is 53.4. The third-order valence-electron chi connectivity index (χ3n) is 5.20. The summed E-state index contributed by atoms with van der Waals surface area (Å²) < 4.78 is 124. The number of hydrogen-bond acceptors (Lipinski definition) is 8. The number of carbonyl (C=O) groups excluding carboxylic acids is 2. The summed E-state index contributed by atoms with van der Waals surface area (Å²) in [5.41, 5.74) is -3.94. The van der Waals surface area contributed by atoms with Gasteiger partial charge in [-0.3, -0.25) is 0 Å². The Morgan fingerprint density at radius 1 is 0.383 bits per heavy atom. The predicted octanol–water partition coefficient (Wildman–Crippen LogP) is -2.67. The topological polar surface area (TPSA) is 254 Å². The van der Waals surface area contributed by atoms with Crippen molar-refractivity contribution in [2.75, 3.05) is 52.4 Å². The third kappa shape index (κ3) is 16.0. The molecule has 47 heavy (non-hydrogen) atoms. The van der Waals surface area contributed by atoms with E-state index in [9.17, 15) is 63.7 Å². The van der Waals surface area contributed by atoms with Crippen molar-refractivity contribution in [3.05, 3.63) is 69.3 Å². The molecule has 2 aromatic rings. The average Bonchev–Trinajstić information content (AvgIpc) is 2.94. The number of rotatable bonds is 2. The van der Waals surface area contributed by atoms with Crippen molar-refractivity contribution >= 4 is 11.9 Å². The van der Waals surface area contributed by atoms with Crippen molar-refractivity contribution in [3.63, 3.8) is 0 Å². The van der Waals surface area contributed by atoms with Crippen LogP contribution in [0, 0.1) is 58.2 Å². The Bertz CT molecular complexity index is 1060. The van der Waals surface area contributed by atoms with Gasteiger partial charge < -0.3 is 63.0 Å². The second-order valence-corrected chi connectivity index (χ2v) is 8.17. The Balaban J connectivity index is -0.000000178. The van der Waals surface area contributed by atoms with Crippen LogP contribution in [0.3, 0.4) is 0 Å². The Labute approximate surface area is 270 Å². The molecule has 0 aliphatic carbocycles. The summed E-state index contributed by atoms with van der Waals surface area (Å²) in [5.74, 6) is -28.7. The van der Waals surface area contributed by atoms with E-state index in [0.717, 1.165) is 52.4 Å². The maximum atomic E-state index is 12.5. The van der Waals surface area contributed by atoms with E-state index in [0.29, 0.717) is 0 Å². The summed E-state index contributed by atoms with van der Waals surface area (Å²) >= 11 is 0. The molecule has 23 heteroatoms. The molecule has 277 valence electrons. The SMILES string of the molecule is C1CNCCNCCCNCCNC1.O.O.O.O.O=C([O-])c1c(F)c(F)c(F)c(F)c1F.O=C([O-])c1c(F)c(F)c(F)c(F)c1F.[Cu+2]. The fourth-order valence-corrected chi connectivity index (χ4v) is 3.10. The summed E-state index contributed by atoms with van der Waals surface area (Å²) in [6.07, 6.45) is 2.44. The molecular weight excluding hydrogens is 726 g/mol. The van der Waals surface area contributed by atoms with E-state index < -0.39 is 81.2 Å². The van der Waals surface area contributed by atoms with Gasteiger partial charge in [0.25, 0.3) is 0 Å². The van der Waals surface area contributed by atoms with Gasteiger partial charge in [-0.25, -0.2) is 43.9 Å². The molecule has 1 radical (unpaired) electrons. The van der Waals surface area contributed by atoms with Crippen LogP contribution < -0.4 is 31.5 Å². The van der Waals surface area contributed by atoms with E-state index in [2.05, 4.69) is 21.3 Å². The molecule has 0 unspecified atom stereocenters. The van der Waals surface area contributed by atoms with Crippen LogP contribution in [0.25, 0.3) is 0 Å². The largest absolute Gasteiger partial charge is 2.00 e. The van der Waals surface area contributed by atoms with Crippen molar-refractivity contribution in [1.82, 2.24) is 21.3 Å². The molecule has 0 aromatic heterocycles. The van der Waals surface area contributed by atoms with Gasteiger partial charge in [0.1, 0.15) is 0 Å². The van der Waals surface area contributed by atoms with Crippen LogP contribution in [0.2, 0.25) is 0 Å². The Morgan fingerprint density at radius 2 is 0.553 bits per heavy atom. The van der Waals surface area contributed by atoms with Crippen molar-refractivity contribution in [2.45, 2.75) is 12.8 Å². The fourth-order valence-electron chi connectivity index (χ4n) is 3.10. The van der Waals surface area contributed by atoms with Crippen LogP contribution in [0.5, 0.6) is 0 Å². The van der Waals surface area contributed by atoms with E-state index in [-0.39, 0.29) is 39.0 Å². The number of carboxylic acid groups (broad SMARTS) is 2. The zero-order chi connectivity index (χ0) is 32.0. The number of carbonyl (C=O) groups is 2. The minimum atomic E-state index is -2.47. The predicted molar refractivity (Wildman–Crippen MR) is 136 cm³/mol. The van der Waals surface area contributed by atoms with Gasteiger partial charge in [0.15, 0.2) is 46.5 Å². The van der Waals surface area contributed by atoms with Crippen LogP contribution in [0.4, 0.5) is 43.9 Å². The maximum Gasteiger partial charge on any atom is 2.00 e. The van der Waals surface area contributed by atoms with Gasteiger partial charge in [0, 0.05) is 26.2 Å². The molecule has 1 heterocycles. The zero-order valence-electron chi connectivity index (χ0n) is 23.8. The molecule has 1 fully saturated rings. The first-order valence-electron chi connectivity index (χ1n) is 12.0. The van der Waals surface area contributed by atoms with Gasteiger partial charge in [-0.05, 0) is 39.0 Å². The third-order valence-corrected chi connectivity index (χ3v) is 5.20. The average molecular weight is 758 g/mol. The Kier molecular flexibility index (Phi) is 30.5. The monoisotopic (exact) mass is 757 g/mol. The van der Waals surface area contributed by atoms with E-state index >= 15 is 0 Å². The minimum absolute atomic E-state index is 0. The summed E-state index contributed by atoms with van der Waals surface area (Å²) in [7, 11) is 0. The first-order valence-corrected chi connectivity index (χ1v) is 12.0. The second-order valence-electron chi connectivity index (χ2n) is 8.17. The molecule has 12 N–H and O–H groups in total. The van der Waals surface area contributed by atoms with Gasteiger partial charge >= 0.3 is 17.1 Å². The molecule has 0 atom stereocenters. The first-order chi connectivity index (χ1) is 19.7. The standard InChI is InChI=1S/C10H24N4.2C7HF5O2.Cu.4H2O/c1-3-11-7-9-13-5-2-6-14-10-8-12-4-1;2*8-2-1(7(13)14)3(9)5(11)6(12)4(2)10;;;;;/h11-14H,1-10H2;2*(H,13,14);;4*1H2/q;;;+2;;;;/p-2. The van der Waals surface area contributed by atoms with E-state index in [4.69, 9.17) is 0 Å². The Morgan fingerprint density at radius 3 is 0.723 bits per heavy atom. The molecule has 0 amide bonds. The van der Waals surface area contributed by atoms with E-state index in [1.165, 1.54) is 12.8 Å². The second kappa shape index (κ2) is 26.9. The summed E-state index contributed by atoms with van der Waals surface area (Å²) in [6.45, 7) is 8.87. The molecule has 1 saturated heterocycles. The normalized spacial score (nSPS) is 13.3. The molecule has 3 rings (SSSR count). The van der Waals surface area contributed by atoms with E-state index in [1.54, 1.807) is 0 Å². The zero-order valence-corrected chi connectivity index (χ0v) is 24.7.